The first-order chi connectivity index (χ1) is 6.31. The van der Waals surface area contributed by atoms with Crippen LogP contribution in [0.2, 0.25) is 0 Å². The lowest BCUT2D eigenvalue weighted by molar-refractivity contribution is -0.121. The van der Waals surface area contributed by atoms with Crippen LogP contribution in [0.3, 0.4) is 0 Å². The molecule has 0 unspecified atom stereocenters. The third kappa shape index (κ3) is 9.30. The number of methoxy groups -OCH3 is 1. The van der Waals surface area contributed by atoms with Crippen molar-refractivity contribution in [2.45, 2.75) is 19.3 Å². The molecule has 0 aromatic rings. The molecular weight excluding hydrogens is 168 g/mol. The van der Waals surface area contributed by atoms with Gasteiger partial charge in [-0.05, 0) is 26.4 Å². The van der Waals surface area contributed by atoms with Crippen LogP contribution in [0.15, 0.2) is 0 Å². The summed E-state index contributed by atoms with van der Waals surface area (Å²) < 4.78 is 4.85. The molecule has 4 nitrogen and oxygen atoms in total. The molecule has 0 radical (unpaired) electrons. The zero-order valence-electron chi connectivity index (χ0n) is 8.56. The number of carbonyl (C=O) groups is 1. The lowest BCUT2D eigenvalue weighted by Gasteiger charge is -2.04. The summed E-state index contributed by atoms with van der Waals surface area (Å²) in [6.07, 6.45) is 2.34. The van der Waals surface area contributed by atoms with Crippen LogP contribution in [0.1, 0.15) is 19.3 Å². The quantitative estimate of drug-likeness (QED) is 0.533. The van der Waals surface area contributed by atoms with E-state index in [-0.39, 0.29) is 5.91 Å². The van der Waals surface area contributed by atoms with Crippen molar-refractivity contribution >= 4 is 5.91 Å². The molecule has 0 aromatic heterocycles. The van der Waals surface area contributed by atoms with Gasteiger partial charge in [0.2, 0.25) is 5.91 Å². The third-order valence-electron chi connectivity index (χ3n) is 1.68. The summed E-state index contributed by atoms with van der Waals surface area (Å²) >= 11 is 0. The van der Waals surface area contributed by atoms with Gasteiger partial charge in [0, 0.05) is 26.7 Å². The number of nitrogens with one attached hydrogen (secondary N) is 2. The molecule has 0 aliphatic carbocycles. The molecule has 0 fully saturated rings. The van der Waals surface area contributed by atoms with E-state index in [0.717, 1.165) is 25.9 Å². The van der Waals surface area contributed by atoms with Gasteiger partial charge in [-0.3, -0.25) is 4.79 Å². The molecule has 0 saturated carbocycles. The minimum absolute atomic E-state index is 0.119. The van der Waals surface area contributed by atoms with Gasteiger partial charge in [0.15, 0.2) is 0 Å². The molecule has 0 atom stereocenters. The Morgan fingerprint density at radius 2 is 2.08 bits per heavy atom. The first kappa shape index (κ1) is 12.4. The molecule has 0 aliphatic rings. The molecule has 4 heteroatoms. The van der Waals surface area contributed by atoms with E-state index < -0.39 is 0 Å². The van der Waals surface area contributed by atoms with Gasteiger partial charge in [-0.25, -0.2) is 0 Å². The molecule has 1 amide bonds. The Bertz CT molecular complexity index is 129. The molecule has 0 spiro atoms. The highest BCUT2D eigenvalue weighted by atomic mass is 16.5. The number of amides is 1. The largest absolute Gasteiger partial charge is 0.385 e. The summed E-state index contributed by atoms with van der Waals surface area (Å²) in [5.41, 5.74) is 0. The Labute approximate surface area is 80.0 Å². The number of hydrogen-bond acceptors (Lipinski definition) is 3. The Hall–Kier alpha value is -0.610. The number of ether oxygens (including phenoxy) is 1. The molecule has 0 saturated heterocycles. The lowest BCUT2D eigenvalue weighted by Crippen LogP contribution is -2.26. The number of rotatable bonds is 8. The standard InChI is InChI=1S/C9H20N2O2/c1-10-6-4-7-11-9(12)5-3-8-13-2/h10H,3-8H2,1-2H3,(H,11,12). The highest BCUT2D eigenvalue weighted by Crippen LogP contribution is 1.88. The van der Waals surface area contributed by atoms with E-state index in [0.29, 0.717) is 13.0 Å². The molecular formula is C9H20N2O2. The fourth-order valence-corrected chi connectivity index (χ4v) is 0.958. The second-order valence-electron chi connectivity index (χ2n) is 2.90. The Kier molecular flexibility index (Phi) is 9.03. The zero-order valence-corrected chi connectivity index (χ0v) is 8.56. The van der Waals surface area contributed by atoms with Gasteiger partial charge >= 0.3 is 0 Å². The second kappa shape index (κ2) is 9.48. The van der Waals surface area contributed by atoms with Crippen LogP contribution in [0.5, 0.6) is 0 Å². The van der Waals surface area contributed by atoms with Gasteiger partial charge in [0.25, 0.3) is 0 Å². The highest BCUT2D eigenvalue weighted by molar-refractivity contribution is 5.75. The minimum atomic E-state index is 0.119. The van der Waals surface area contributed by atoms with E-state index >= 15 is 0 Å². The van der Waals surface area contributed by atoms with Gasteiger partial charge in [-0.1, -0.05) is 0 Å². The fraction of sp³-hybridized carbons (Fsp3) is 0.889. The van der Waals surface area contributed by atoms with E-state index in [1.165, 1.54) is 0 Å². The smallest absolute Gasteiger partial charge is 0.220 e. The Balaban J connectivity index is 3.11. The summed E-state index contributed by atoms with van der Waals surface area (Å²) in [6, 6.07) is 0. The fourth-order valence-electron chi connectivity index (χ4n) is 0.958. The van der Waals surface area contributed by atoms with Gasteiger partial charge < -0.3 is 15.4 Å². The van der Waals surface area contributed by atoms with Crippen molar-refractivity contribution in [3.05, 3.63) is 0 Å². The Morgan fingerprint density at radius 1 is 1.31 bits per heavy atom. The summed E-state index contributed by atoms with van der Waals surface area (Å²) in [7, 11) is 3.55. The summed E-state index contributed by atoms with van der Waals surface area (Å²) in [5.74, 6) is 0.119. The van der Waals surface area contributed by atoms with Crippen molar-refractivity contribution in [3.8, 4) is 0 Å². The molecule has 0 bridgehead atoms. The number of carbonyl (C=O) groups excluding carboxylic acids is 1. The van der Waals surface area contributed by atoms with Crippen molar-refractivity contribution in [2.24, 2.45) is 0 Å². The SMILES string of the molecule is CNCCCNC(=O)CCCOC. The van der Waals surface area contributed by atoms with E-state index in [9.17, 15) is 4.79 Å². The topological polar surface area (TPSA) is 50.4 Å². The first-order valence-electron chi connectivity index (χ1n) is 4.71. The minimum Gasteiger partial charge on any atom is -0.385 e. The van der Waals surface area contributed by atoms with Crippen LogP contribution < -0.4 is 10.6 Å². The molecule has 2 N–H and O–H groups in total. The van der Waals surface area contributed by atoms with Crippen molar-refractivity contribution in [2.75, 3.05) is 33.9 Å². The van der Waals surface area contributed by atoms with Gasteiger partial charge in [-0.2, -0.15) is 0 Å². The van der Waals surface area contributed by atoms with Gasteiger partial charge in [-0.15, -0.1) is 0 Å². The lowest BCUT2D eigenvalue weighted by atomic mass is 10.3. The summed E-state index contributed by atoms with van der Waals surface area (Å²) in [6.45, 7) is 2.36. The van der Waals surface area contributed by atoms with Crippen LogP contribution in [-0.4, -0.2) is 39.8 Å². The van der Waals surface area contributed by atoms with Crippen molar-refractivity contribution in [1.82, 2.24) is 10.6 Å². The van der Waals surface area contributed by atoms with E-state index in [1.54, 1.807) is 7.11 Å². The third-order valence-corrected chi connectivity index (χ3v) is 1.68. The first-order valence-corrected chi connectivity index (χ1v) is 4.71. The predicted molar refractivity (Wildman–Crippen MR) is 52.7 cm³/mol. The van der Waals surface area contributed by atoms with E-state index in [1.807, 2.05) is 7.05 Å². The highest BCUT2D eigenvalue weighted by Gasteiger charge is 1.98. The maximum atomic E-state index is 11.1. The zero-order chi connectivity index (χ0) is 9.94. The van der Waals surface area contributed by atoms with Gasteiger partial charge in [0.1, 0.15) is 0 Å². The maximum Gasteiger partial charge on any atom is 0.220 e. The van der Waals surface area contributed by atoms with Crippen molar-refractivity contribution in [1.29, 1.82) is 0 Å². The van der Waals surface area contributed by atoms with Gasteiger partial charge in [0.05, 0.1) is 0 Å². The number of hydrogen-bond donors (Lipinski definition) is 2. The summed E-state index contributed by atoms with van der Waals surface area (Å²) in [5, 5.41) is 5.86. The molecule has 78 valence electrons. The molecule has 13 heavy (non-hydrogen) atoms. The normalized spacial score (nSPS) is 10.0. The van der Waals surface area contributed by atoms with E-state index in [4.69, 9.17) is 4.74 Å². The van der Waals surface area contributed by atoms with Crippen LogP contribution >= 0.6 is 0 Å². The predicted octanol–water partition coefficient (Wildman–Crippen LogP) is 0.139. The van der Waals surface area contributed by atoms with E-state index in [2.05, 4.69) is 10.6 Å². The summed E-state index contributed by atoms with van der Waals surface area (Å²) in [4.78, 5) is 11.1. The Morgan fingerprint density at radius 3 is 2.69 bits per heavy atom. The van der Waals surface area contributed by atoms with Crippen LogP contribution in [0.25, 0.3) is 0 Å². The van der Waals surface area contributed by atoms with Crippen molar-refractivity contribution < 1.29 is 9.53 Å². The van der Waals surface area contributed by atoms with Crippen LogP contribution in [0.4, 0.5) is 0 Å². The van der Waals surface area contributed by atoms with Crippen LogP contribution in [-0.2, 0) is 9.53 Å². The molecule has 0 aromatic carbocycles. The average molecular weight is 188 g/mol. The van der Waals surface area contributed by atoms with Crippen molar-refractivity contribution in [3.63, 3.8) is 0 Å². The molecule has 0 aliphatic heterocycles. The monoisotopic (exact) mass is 188 g/mol. The molecule has 0 rings (SSSR count). The molecule has 0 heterocycles. The maximum absolute atomic E-state index is 11.1. The average Bonchev–Trinajstić information content (AvgIpc) is 2.13. The second-order valence-corrected chi connectivity index (χ2v) is 2.90. The van der Waals surface area contributed by atoms with Crippen LogP contribution in [0, 0.1) is 0 Å².